The number of ketones is 1. The number of Topliss-reactive ketones (excluding diaryl/α,β-unsaturated/α-hetero) is 1. The third-order valence-electron chi connectivity index (χ3n) is 3.53. The Morgan fingerprint density at radius 3 is 2.08 bits per heavy atom. The predicted molar refractivity (Wildman–Crippen MR) is 99.5 cm³/mol. The minimum absolute atomic E-state index is 0.150. The standard InChI is InChI=1S/C21H16N2O2/c24-19-13-7-8-16(14-19)15-22-23-20(17-9-3-1-4-10-17)21(25)18-11-5-2-6-12-18/h1-15,24H. The molecule has 4 nitrogen and oxygen atoms in total. The second kappa shape index (κ2) is 7.84. The molecule has 0 fully saturated rings. The Morgan fingerprint density at radius 1 is 0.800 bits per heavy atom. The zero-order chi connectivity index (χ0) is 17.5. The summed E-state index contributed by atoms with van der Waals surface area (Å²) in [5.41, 5.74) is 2.22. The van der Waals surface area contributed by atoms with Crippen LogP contribution in [0.4, 0.5) is 0 Å². The van der Waals surface area contributed by atoms with E-state index in [9.17, 15) is 9.90 Å². The molecule has 0 atom stereocenters. The normalized spacial score (nSPS) is 11.6. The number of carbonyl (C=O) groups excluding carboxylic acids is 1. The van der Waals surface area contributed by atoms with Gasteiger partial charge in [0.15, 0.2) is 0 Å². The van der Waals surface area contributed by atoms with Crippen LogP contribution in [0.15, 0.2) is 95.1 Å². The van der Waals surface area contributed by atoms with E-state index < -0.39 is 0 Å². The first-order chi connectivity index (χ1) is 12.2. The first-order valence-electron chi connectivity index (χ1n) is 7.79. The SMILES string of the molecule is O=C(C(=NN=Cc1cccc(O)c1)c1ccccc1)c1ccccc1. The molecule has 0 heterocycles. The van der Waals surface area contributed by atoms with Crippen molar-refractivity contribution >= 4 is 17.7 Å². The molecule has 0 unspecified atom stereocenters. The smallest absolute Gasteiger partial charge is 0.213 e. The van der Waals surface area contributed by atoms with Crippen LogP contribution in [0, 0.1) is 0 Å². The molecule has 0 saturated carbocycles. The van der Waals surface area contributed by atoms with Gasteiger partial charge in [-0.2, -0.15) is 5.10 Å². The van der Waals surface area contributed by atoms with Gasteiger partial charge < -0.3 is 5.11 Å². The summed E-state index contributed by atoms with van der Waals surface area (Å²) in [6.07, 6.45) is 1.50. The third kappa shape index (κ3) is 4.26. The molecule has 0 saturated heterocycles. The summed E-state index contributed by atoms with van der Waals surface area (Å²) in [5.74, 6) is -0.0450. The van der Waals surface area contributed by atoms with Gasteiger partial charge in [-0.15, -0.1) is 5.10 Å². The molecule has 0 amide bonds. The van der Waals surface area contributed by atoms with E-state index in [1.807, 2.05) is 48.5 Å². The number of carbonyl (C=O) groups is 1. The van der Waals surface area contributed by atoms with Gasteiger partial charge in [0.25, 0.3) is 0 Å². The molecule has 0 aliphatic rings. The molecule has 3 rings (SSSR count). The number of phenols is 1. The van der Waals surface area contributed by atoms with E-state index in [0.717, 1.165) is 0 Å². The van der Waals surface area contributed by atoms with Crippen molar-refractivity contribution < 1.29 is 9.90 Å². The Hall–Kier alpha value is -3.53. The van der Waals surface area contributed by atoms with Crippen molar-refractivity contribution in [2.75, 3.05) is 0 Å². The maximum absolute atomic E-state index is 12.8. The topological polar surface area (TPSA) is 62.0 Å². The highest BCUT2D eigenvalue weighted by atomic mass is 16.3. The summed E-state index contributed by atoms with van der Waals surface area (Å²) < 4.78 is 0. The van der Waals surface area contributed by atoms with Crippen LogP contribution < -0.4 is 0 Å². The summed E-state index contributed by atoms with van der Waals surface area (Å²) in [6, 6.07) is 24.9. The van der Waals surface area contributed by atoms with E-state index in [1.54, 1.807) is 36.4 Å². The Kier molecular flexibility index (Phi) is 5.12. The molecule has 3 aromatic rings. The molecule has 0 radical (unpaired) electrons. The van der Waals surface area contributed by atoms with Crippen molar-refractivity contribution in [1.82, 2.24) is 0 Å². The molecule has 1 N–H and O–H groups in total. The van der Waals surface area contributed by atoms with Crippen LogP contribution in [0.5, 0.6) is 5.75 Å². The summed E-state index contributed by atoms with van der Waals surface area (Å²) in [7, 11) is 0. The summed E-state index contributed by atoms with van der Waals surface area (Å²) >= 11 is 0. The lowest BCUT2D eigenvalue weighted by atomic mass is 10.0. The van der Waals surface area contributed by atoms with Gasteiger partial charge in [0, 0.05) is 11.1 Å². The number of hydrogen-bond acceptors (Lipinski definition) is 4. The predicted octanol–water partition coefficient (Wildman–Crippen LogP) is 4.10. The zero-order valence-corrected chi connectivity index (χ0v) is 13.4. The maximum Gasteiger partial charge on any atom is 0.213 e. The van der Waals surface area contributed by atoms with E-state index in [2.05, 4.69) is 10.2 Å². The van der Waals surface area contributed by atoms with E-state index in [1.165, 1.54) is 6.21 Å². The highest BCUT2D eigenvalue weighted by Crippen LogP contribution is 2.11. The number of nitrogens with zero attached hydrogens (tertiary/aromatic N) is 2. The lowest BCUT2D eigenvalue weighted by Crippen LogP contribution is -2.15. The number of benzene rings is 3. The van der Waals surface area contributed by atoms with Crippen LogP contribution in [-0.2, 0) is 0 Å². The lowest BCUT2D eigenvalue weighted by molar-refractivity contribution is 0.106. The molecule has 25 heavy (non-hydrogen) atoms. The average molecular weight is 328 g/mol. The summed E-state index contributed by atoms with van der Waals surface area (Å²) in [5, 5.41) is 17.7. The Labute approximate surface area is 145 Å². The van der Waals surface area contributed by atoms with Crippen LogP contribution >= 0.6 is 0 Å². The largest absolute Gasteiger partial charge is 0.508 e. The van der Waals surface area contributed by atoms with Gasteiger partial charge in [0.2, 0.25) is 5.78 Å². The van der Waals surface area contributed by atoms with Crippen LogP contribution in [0.25, 0.3) is 0 Å². The van der Waals surface area contributed by atoms with E-state index in [4.69, 9.17) is 0 Å². The second-order valence-corrected chi connectivity index (χ2v) is 5.35. The molecular weight excluding hydrogens is 312 g/mol. The lowest BCUT2D eigenvalue weighted by Gasteiger charge is -2.04. The summed E-state index contributed by atoms with van der Waals surface area (Å²) in [6.45, 7) is 0. The fourth-order valence-corrected chi connectivity index (χ4v) is 2.31. The van der Waals surface area contributed by atoms with Crippen molar-refractivity contribution in [2.45, 2.75) is 0 Å². The molecule has 3 aromatic carbocycles. The van der Waals surface area contributed by atoms with Crippen molar-refractivity contribution in [3.05, 3.63) is 102 Å². The van der Waals surface area contributed by atoms with Crippen LogP contribution in [0.2, 0.25) is 0 Å². The van der Waals surface area contributed by atoms with Crippen LogP contribution in [0.3, 0.4) is 0 Å². The van der Waals surface area contributed by atoms with Gasteiger partial charge in [-0.1, -0.05) is 72.8 Å². The zero-order valence-electron chi connectivity index (χ0n) is 13.4. The molecule has 0 aliphatic carbocycles. The van der Waals surface area contributed by atoms with E-state index >= 15 is 0 Å². The van der Waals surface area contributed by atoms with E-state index in [0.29, 0.717) is 16.7 Å². The van der Waals surface area contributed by atoms with Gasteiger partial charge in [-0.25, -0.2) is 0 Å². The maximum atomic E-state index is 12.8. The fourth-order valence-electron chi connectivity index (χ4n) is 2.31. The van der Waals surface area contributed by atoms with Gasteiger partial charge in [-0.3, -0.25) is 4.79 Å². The van der Waals surface area contributed by atoms with Crippen molar-refractivity contribution in [1.29, 1.82) is 0 Å². The minimum Gasteiger partial charge on any atom is -0.508 e. The van der Waals surface area contributed by atoms with Crippen molar-refractivity contribution in [3.63, 3.8) is 0 Å². The number of hydrogen-bond donors (Lipinski definition) is 1. The molecular formula is C21H16N2O2. The number of rotatable bonds is 5. The fraction of sp³-hybridized carbons (Fsp3) is 0. The van der Waals surface area contributed by atoms with Gasteiger partial charge in [0.1, 0.15) is 11.5 Å². The minimum atomic E-state index is -0.195. The molecule has 0 aliphatic heterocycles. The van der Waals surface area contributed by atoms with Crippen molar-refractivity contribution in [3.8, 4) is 5.75 Å². The highest BCUT2D eigenvalue weighted by molar-refractivity contribution is 6.51. The monoisotopic (exact) mass is 328 g/mol. The molecule has 0 spiro atoms. The quantitative estimate of drug-likeness (QED) is 0.435. The Balaban J connectivity index is 1.95. The van der Waals surface area contributed by atoms with Gasteiger partial charge in [-0.05, 0) is 17.7 Å². The Bertz CT molecular complexity index is 917. The highest BCUT2D eigenvalue weighted by Gasteiger charge is 2.15. The van der Waals surface area contributed by atoms with E-state index in [-0.39, 0.29) is 17.2 Å². The first-order valence-corrected chi connectivity index (χ1v) is 7.79. The average Bonchev–Trinajstić information content (AvgIpc) is 2.66. The van der Waals surface area contributed by atoms with Gasteiger partial charge in [0.05, 0.1) is 6.21 Å². The molecule has 4 heteroatoms. The third-order valence-corrected chi connectivity index (χ3v) is 3.53. The van der Waals surface area contributed by atoms with Crippen LogP contribution in [-0.4, -0.2) is 22.8 Å². The Morgan fingerprint density at radius 2 is 1.44 bits per heavy atom. The molecule has 122 valence electrons. The van der Waals surface area contributed by atoms with Crippen molar-refractivity contribution in [2.24, 2.45) is 10.2 Å². The second-order valence-electron chi connectivity index (χ2n) is 5.35. The molecule has 0 aromatic heterocycles. The number of aromatic hydroxyl groups is 1. The molecule has 0 bridgehead atoms. The first kappa shape index (κ1) is 16.3. The van der Waals surface area contributed by atoms with Gasteiger partial charge >= 0.3 is 0 Å². The van der Waals surface area contributed by atoms with Crippen LogP contribution in [0.1, 0.15) is 21.5 Å². The number of phenolic OH excluding ortho intramolecular Hbond substituents is 1. The summed E-state index contributed by atoms with van der Waals surface area (Å²) in [4.78, 5) is 12.8.